The number of carbonyl (C=O) groups is 1. The number of benzene rings is 2. The fourth-order valence-electron chi connectivity index (χ4n) is 5.01. The number of thiophene rings is 1. The van der Waals surface area contributed by atoms with Gasteiger partial charge in [0.15, 0.2) is 13.2 Å². The highest BCUT2D eigenvalue weighted by Gasteiger charge is 2.57. The molecule has 0 aliphatic carbocycles. The summed E-state index contributed by atoms with van der Waals surface area (Å²) in [6.45, 7) is 3.17. The van der Waals surface area contributed by atoms with Crippen molar-refractivity contribution in [2.24, 2.45) is 16.9 Å². The van der Waals surface area contributed by atoms with Crippen molar-refractivity contribution in [1.82, 2.24) is 0 Å². The summed E-state index contributed by atoms with van der Waals surface area (Å²) >= 11 is 0.913. The molecule has 0 fully saturated rings. The van der Waals surface area contributed by atoms with Gasteiger partial charge in [-0.3, -0.25) is 4.79 Å². The predicted octanol–water partition coefficient (Wildman–Crippen LogP) is 9.94. The van der Waals surface area contributed by atoms with Crippen LogP contribution in [0.5, 0.6) is 11.5 Å². The van der Waals surface area contributed by atoms with Gasteiger partial charge in [-0.2, -0.15) is 17.6 Å². The minimum Gasteiger partial charge on any atom is -0.484 e. The van der Waals surface area contributed by atoms with Gasteiger partial charge in [0.25, 0.3) is 0 Å². The van der Waals surface area contributed by atoms with E-state index in [9.17, 15) is 53.1 Å². The minimum absolute atomic E-state index is 0.00796. The highest BCUT2D eigenvalue weighted by molar-refractivity contribution is 7.22. The van der Waals surface area contributed by atoms with E-state index in [4.69, 9.17) is 16.2 Å². The van der Waals surface area contributed by atoms with E-state index in [0.29, 0.717) is 17.4 Å². The number of carbonyl (C=O) groups excluding carboxylic acids is 1. The van der Waals surface area contributed by atoms with Crippen LogP contribution in [0.4, 0.5) is 48.3 Å². The van der Waals surface area contributed by atoms with Crippen LogP contribution in [0.15, 0.2) is 42.5 Å². The van der Waals surface area contributed by atoms with Crippen LogP contribution >= 0.6 is 11.3 Å². The lowest BCUT2D eigenvalue weighted by atomic mass is 9.79. The van der Waals surface area contributed by atoms with Gasteiger partial charge in [0, 0.05) is 26.7 Å². The summed E-state index contributed by atoms with van der Waals surface area (Å²) in [5.41, 5.74) is 9.81. The Balaban J connectivity index is 1.64. The molecular formula is C35H41F11N2O7S. The molecule has 0 saturated heterocycles. The Morgan fingerprint density at radius 3 is 1.96 bits per heavy atom. The van der Waals surface area contributed by atoms with Crippen molar-refractivity contribution >= 4 is 27.4 Å². The third kappa shape index (κ3) is 14.8. The number of rotatable bonds is 21. The van der Waals surface area contributed by atoms with Gasteiger partial charge >= 0.3 is 37.1 Å². The average molecular weight is 843 g/mol. The van der Waals surface area contributed by atoms with Crippen molar-refractivity contribution in [3.63, 3.8) is 0 Å². The fraction of sp³-hybridized carbons (Fsp3) is 0.571. The molecule has 2 aromatic carbocycles. The lowest BCUT2D eigenvalue weighted by Gasteiger charge is -2.34. The molecular weight excluding hydrogens is 801 g/mol. The van der Waals surface area contributed by atoms with Crippen molar-refractivity contribution in [2.75, 3.05) is 13.2 Å². The van der Waals surface area contributed by atoms with E-state index in [2.05, 4.69) is 23.7 Å². The molecule has 1 aromatic heterocycles. The van der Waals surface area contributed by atoms with E-state index in [1.807, 2.05) is 6.92 Å². The van der Waals surface area contributed by atoms with Crippen LogP contribution < -0.4 is 20.9 Å². The summed E-state index contributed by atoms with van der Waals surface area (Å²) in [6, 6.07) is 8.34. The number of hydrogen-bond acceptors (Lipinski definition) is 10. The molecule has 3 rings (SSSR count). The molecule has 3 aromatic rings. The predicted molar refractivity (Wildman–Crippen MR) is 181 cm³/mol. The van der Waals surface area contributed by atoms with Gasteiger partial charge in [0.05, 0.1) is 5.41 Å². The Morgan fingerprint density at radius 1 is 0.786 bits per heavy atom. The molecule has 1 atom stereocenters. The van der Waals surface area contributed by atoms with Crippen LogP contribution in [0.2, 0.25) is 0 Å². The zero-order chi connectivity index (χ0) is 42.5. The molecule has 9 nitrogen and oxygen atoms in total. The maximum absolute atomic E-state index is 14.3. The topological polar surface area (TPSA) is 124 Å². The van der Waals surface area contributed by atoms with Crippen molar-refractivity contribution in [1.29, 1.82) is 0 Å². The normalized spacial score (nSPS) is 14.2. The van der Waals surface area contributed by atoms with E-state index in [-0.39, 0.29) is 21.6 Å². The second-order valence-corrected chi connectivity index (χ2v) is 15.1. The van der Waals surface area contributed by atoms with Crippen LogP contribution in [0.1, 0.15) is 65.9 Å². The first-order valence-electron chi connectivity index (χ1n) is 16.8. The van der Waals surface area contributed by atoms with Crippen molar-refractivity contribution in [3.05, 3.63) is 48.0 Å². The maximum atomic E-state index is 14.3. The van der Waals surface area contributed by atoms with Crippen molar-refractivity contribution < 1.29 is 81.5 Å². The second kappa shape index (κ2) is 17.6. The Bertz CT molecular complexity index is 1780. The Labute approximate surface area is 318 Å². The number of aryl methyl sites for hydroxylation is 1. The molecule has 0 radical (unpaired) electrons. The smallest absolute Gasteiger partial charge is 0.484 e. The number of fused-ring (bicyclic) bond motifs is 1. The Hall–Kier alpha value is -3.50. The van der Waals surface area contributed by atoms with Gasteiger partial charge in [-0.1, -0.05) is 25.8 Å². The third-order valence-electron chi connectivity index (χ3n) is 7.85. The largest absolute Gasteiger partial charge is 0.573 e. The second-order valence-electron chi connectivity index (χ2n) is 14.0. The molecule has 1 unspecified atom stereocenters. The first-order chi connectivity index (χ1) is 25.4. The van der Waals surface area contributed by atoms with Crippen molar-refractivity contribution in [3.8, 4) is 21.9 Å². The zero-order valence-electron chi connectivity index (χ0n) is 30.6. The van der Waals surface area contributed by atoms with Gasteiger partial charge in [0.1, 0.15) is 11.5 Å². The van der Waals surface area contributed by atoms with Crippen LogP contribution in [0.25, 0.3) is 20.5 Å². The van der Waals surface area contributed by atoms with Crippen molar-refractivity contribution in [2.45, 2.75) is 109 Å². The first-order valence-corrected chi connectivity index (χ1v) is 17.6. The van der Waals surface area contributed by atoms with E-state index >= 15 is 0 Å². The number of halogens is 11. The lowest BCUT2D eigenvalue weighted by Crippen LogP contribution is -2.51. The first kappa shape index (κ1) is 46.9. The van der Waals surface area contributed by atoms with Crippen LogP contribution in [-0.4, -0.2) is 61.9 Å². The molecule has 0 aliphatic heterocycles. The number of nitrogens with two attached hydrogens (primary N) is 2. The molecule has 0 aliphatic rings. The summed E-state index contributed by atoms with van der Waals surface area (Å²) < 4.78 is 175. The quantitative estimate of drug-likeness (QED) is 0.0467. The van der Waals surface area contributed by atoms with E-state index in [1.165, 1.54) is 38.1 Å². The summed E-state index contributed by atoms with van der Waals surface area (Å²) in [4.78, 5) is 12.6. The summed E-state index contributed by atoms with van der Waals surface area (Å²) in [5, 5.41) is 0.419. The van der Waals surface area contributed by atoms with E-state index in [1.54, 1.807) is 19.9 Å². The van der Waals surface area contributed by atoms with E-state index in [0.717, 1.165) is 42.7 Å². The van der Waals surface area contributed by atoms with Crippen LogP contribution in [0, 0.1) is 5.41 Å². The summed E-state index contributed by atoms with van der Waals surface area (Å²) in [7, 11) is 0. The van der Waals surface area contributed by atoms with Gasteiger partial charge in [-0.05, 0) is 94.3 Å². The number of alkyl halides is 11. The van der Waals surface area contributed by atoms with Crippen LogP contribution in [0.3, 0.4) is 0 Å². The molecule has 0 saturated carbocycles. The molecule has 0 amide bonds. The third-order valence-corrected chi connectivity index (χ3v) is 8.98. The number of esters is 1. The molecule has 56 heavy (non-hydrogen) atoms. The lowest BCUT2D eigenvalue weighted by molar-refractivity contribution is -0.574. The number of ether oxygens (including phenoxy) is 6. The SMILES string of the molecule is CCCCCc1ccc(-c2cc3ccc(OCC(F)(F)OC(F)(F)OC(F)(F)OC(F)(F)COC(=O)C(C)(C)C(N)CC(C)(C)N)cc3s2)c(OC(F)(F)F)c1. The van der Waals surface area contributed by atoms with Gasteiger partial charge in [-0.25, -0.2) is 14.2 Å². The minimum atomic E-state index is -5.99. The summed E-state index contributed by atoms with van der Waals surface area (Å²) in [5.74, 6) is -2.28. The van der Waals surface area contributed by atoms with Gasteiger partial charge in [-0.15, -0.1) is 42.1 Å². The number of hydrogen-bond donors (Lipinski definition) is 2. The van der Waals surface area contributed by atoms with E-state index < -0.39 is 78.8 Å². The molecule has 4 N–H and O–H groups in total. The molecule has 1 heterocycles. The monoisotopic (exact) mass is 842 g/mol. The van der Waals surface area contributed by atoms with Crippen LogP contribution in [-0.2, 0) is 30.2 Å². The molecule has 316 valence electrons. The molecule has 0 bridgehead atoms. The maximum Gasteiger partial charge on any atom is 0.573 e. The van der Waals surface area contributed by atoms with Gasteiger partial charge in [0.2, 0.25) is 0 Å². The highest BCUT2D eigenvalue weighted by atomic mass is 32.1. The highest BCUT2D eigenvalue weighted by Crippen LogP contribution is 2.42. The summed E-state index contributed by atoms with van der Waals surface area (Å²) in [6.07, 6.45) is -24.3. The number of unbranched alkanes of at least 4 members (excludes halogenated alkanes) is 2. The van der Waals surface area contributed by atoms with Gasteiger partial charge < -0.3 is 25.7 Å². The molecule has 21 heteroatoms. The zero-order valence-corrected chi connectivity index (χ0v) is 31.5. The molecule has 0 spiro atoms. The Morgan fingerprint density at radius 2 is 1.39 bits per heavy atom. The Kier molecular flexibility index (Phi) is 14.7. The average Bonchev–Trinajstić information content (AvgIpc) is 3.43. The fourth-order valence-corrected chi connectivity index (χ4v) is 6.13. The standard InChI is InChI=1S/C35H41F11N2O7S/c1-6-7-8-9-20-10-13-23(24(14-20)52-33(40,41)42)26-15-21-11-12-22(16-25(21)56-26)50-18-31(36,37)53-34(43,44)55-35(45,46)54-32(38,39)19-51-28(49)30(4,5)27(47)17-29(2,3)48/h10-16,27H,6-9,17-19,47-48H2,1-5H3.